The first-order valence-electron chi connectivity index (χ1n) is 5.90. The second-order valence-electron chi connectivity index (χ2n) is 5.01. The van der Waals surface area contributed by atoms with Crippen molar-refractivity contribution in [2.45, 2.75) is 26.7 Å². The van der Waals surface area contributed by atoms with Crippen LogP contribution >= 0.6 is 0 Å². The molecule has 0 amide bonds. The topological polar surface area (TPSA) is 88.3 Å². The maximum Gasteiger partial charge on any atom is 0.363 e. The number of aliphatic hydroxyl groups is 1. The molecule has 1 aromatic heterocycles. The largest absolute Gasteiger partial charge is 0.396 e. The lowest BCUT2D eigenvalue weighted by molar-refractivity contribution is -0.389. The second-order valence-corrected chi connectivity index (χ2v) is 5.01. The van der Waals surface area contributed by atoms with Gasteiger partial charge in [-0.3, -0.25) is 0 Å². The highest BCUT2D eigenvalue weighted by molar-refractivity contribution is 5.43. The molecule has 18 heavy (non-hydrogen) atoms. The van der Waals surface area contributed by atoms with Crippen molar-refractivity contribution < 1.29 is 10.0 Å². The molecular formula is C12H19N3O3. The predicted molar refractivity (Wildman–Crippen MR) is 69.5 cm³/mol. The lowest BCUT2D eigenvalue weighted by Crippen LogP contribution is -2.23. The first-order valence-corrected chi connectivity index (χ1v) is 5.90. The van der Waals surface area contributed by atoms with Crippen molar-refractivity contribution in [2.75, 3.05) is 18.5 Å². The molecule has 0 spiro atoms. The van der Waals surface area contributed by atoms with Crippen molar-refractivity contribution in [1.82, 2.24) is 4.98 Å². The minimum Gasteiger partial charge on any atom is -0.396 e. The second kappa shape index (κ2) is 6.30. The summed E-state index contributed by atoms with van der Waals surface area (Å²) in [5.41, 5.74) is 0.822. The summed E-state index contributed by atoms with van der Waals surface area (Å²) in [6.45, 7) is 5.14. The van der Waals surface area contributed by atoms with Crippen LogP contribution in [0.1, 0.15) is 26.7 Å². The van der Waals surface area contributed by atoms with E-state index < -0.39 is 4.92 Å². The first kappa shape index (κ1) is 14.4. The number of pyridine rings is 1. The molecule has 6 heteroatoms. The normalized spacial score (nSPS) is 11.3. The van der Waals surface area contributed by atoms with Crippen LogP contribution in [0.3, 0.4) is 0 Å². The summed E-state index contributed by atoms with van der Waals surface area (Å²) in [5, 5.41) is 22.4. The van der Waals surface area contributed by atoms with Crippen molar-refractivity contribution in [3.8, 4) is 0 Å². The average molecular weight is 253 g/mol. The van der Waals surface area contributed by atoms with Gasteiger partial charge in [0.1, 0.15) is 0 Å². The summed E-state index contributed by atoms with van der Waals surface area (Å²) in [5.74, 6) is -0.153. The number of anilines is 1. The van der Waals surface area contributed by atoms with Crippen LogP contribution in [0.25, 0.3) is 0 Å². The molecule has 6 nitrogen and oxygen atoms in total. The van der Waals surface area contributed by atoms with Crippen LogP contribution in [0.5, 0.6) is 0 Å². The number of aromatic nitrogens is 1. The molecule has 2 N–H and O–H groups in total. The minimum atomic E-state index is -0.519. The summed E-state index contributed by atoms with van der Waals surface area (Å²) in [4.78, 5) is 13.7. The number of hydrogen-bond donors (Lipinski definition) is 2. The average Bonchev–Trinajstić information content (AvgIpc) is 2.35. The van der Waals surface area contributed by atoms with E-state index in [1.54, 1.807) is 6.07 Å². The van der Waals surface area contributed by atoms with Gasteiger partial charge in [-0.15, -0.1) is 0 Å². The molecular weight excluding hydrogens is 234 g/mol. The Morgan fingerprint density at radius 1 is 1.50 bits per heavy atom. The molecule has 0 bridgehead atoms. The van der Waals surface area contributed by atoms with E-state index in [4.69, 9.17) is 5.11 Å². The zero-order chi connectivity index (χ0) is 13.6. The molecule has 0 saturated heterocycles. The highest BCUT2D eigenvalue weighted by atomic mass is 16.6. The van der Waals surface area contributed by atoms with Gasteiger partial charge in [0.2, 0.25) is 0 Å². The summed E-state index contributed by atoms with van der Waals surface area (Å²) in [7, 11) is 0. The molecule has 0 radical (unpaired) electrons. The molecule has 0 atom stereocenters. The zero-order valence-corrected chi connectivity index (χ0v) is 10.7. The Kier molecular flexibility index (Phi) is 5.03. The van der Waals surface area contributed by atoms with E-state index in [1.807, 2.05) is 0 Å². The van der Waals surface area contributed by atoms with Gasteiger partial charge in [0, 0.05) is 19.2 Å². The third kappa shape index (κ3) is 4.67. The van der Waals surface area contributed by atoms with E-state index in [9.17, 15) is 10.1 Å². The Morgan fingerprint density at radius 3 is 2.72 bits per heavy atom. The molecule has 0 aliphatic rings. The predicted octanol–water partition coefficient (Wildman–Crippen LogP) is 2.20. The fourth-order valence-electron chi connectivity index (χ4n) is 1.59. The lowest BCUT2D eigenvalue weighted by Gasteiger charge is -2.24. The third-order valence-electron chi connectivity index (χ3n) is 2.72. The Labute approximate surface area is 106 Å². The van der Waals surface area contributed by atoms with Crippen molar-refractivity contribution in [3.63, 3.8) is 0 Å². The number of rotatable bonds is 7. The lowest BCUT2D eigenvalue weighted by atomic mass is 9.88. The molecule has 0 aliphatic heterocycles. The number of nitrogens with zero attached hydrogens (tertiary/aromatic N) is 2. The fraction of sp³-hybridized carbons (Fsp3) is 0.583. The van der Waals surface area contributed by atoms with Crippen LogP contribution in [0, 0.1) is 15.5 Å². The van der Waals surface area contributed by atoms with Crippen LogP contribution < -0.4 is 5.32 Å². The van der Waals surface area contributed by atoms with E-state index in [0.29, 0.717) is 0 Å². The molecule has 0 saturated carbocycles. The standard InChI is InChI=1S/C12H19N3O3/c1-12(2,6-3-7-16)9-14-10-4-5-11(13-8-10)15(17)18/h4-5,8,14,16H,3,6-7,9H2,1-2H3. The number of nitrogens with one attached hydrogen (secondary N) is 1. The Bertz CT molecular complexity index is 390. The molecule has 1 aromatic rings. The molecule has 0 aliphatic carbocycles. The van der Waals surface area contributed by atoms with Gasteiger partial charge >= 0.3 is 5.82 Å². The maximum atomic E-state index is 10.4. The molecule has 0 unspecified atom stereocenters. The molecule has 0 aromatic carbocycles. The summed E-state index contributed by atoms with van der Waals surface area (Å²) >= 11 is 0. The van der Waals surface area contributed by atoms with Gasteiger partial charge < -0.3 is 20.5 Å². The highest BCUT2D eigenvalue weighted by Gasteiger charge is 2.17. The quantitative estimate of drug-likeness (QED) is 0.574. The van der Waals surface area contributed by atoms with Gasteiger partial charge in [-0.05, 0) is 34.2 Å². The molecule has 1 heterocycles. The van der Waals surface area contributed by atoms with Crippen LogP contribution in [0.15, 0.2) is 18.3 Å². The van der Waals surface area contributed by atoms with Gasteiger partial charge in [0.25, 0.3) is 0 Å². The number of nitro groups is 1. The van der Waals surface area contributed by atoms with Crippen molar-refractivity contribution >= 4 is 11.5 Å². The van der Waals surface area contributed by atoms with Crippen LogP contribution in [-0.2, 0) is 0 Å². The van der Waals surface area contributed by atoms with Crippen LogP contribution in [-0.4, -0.2) is 28.2 Å². The van der Waals surface area contributed by atoms with Gasteiger partial charge in [0.05, 0.1) is 5.69 Å². The smallest absolute Gasteiger partial charge is 0.363 e. The Hall–Kier alpha value is -1.69. The van der Waals surface area contributed by atoms with E-state index in [-0.39, 0.29) is 17.8 Å². The minimum absolute atomic E-state index is 0.0600. The van der Waals surface area contributed by atoms with Gasteiger partial charge in [-0.25, -0.2) is 0 Å². The van der Waals surface area contributed by atoms with Gasteiger partial charge in [-0.2, -0.15) is 0 Å². The summed E-state index contributed by atoms with van der Waals surface area (Å²) in [6.07, 6.45) is 3.14. The molecule has 0 fully saturated rings. The summed E-state index contributed by atoms with van der Waals surface area (Å²) in [6, 6.07) is 3.02. The van der Waals surface area contributed by atoms with Crippen LogP contribution in [0.4, 0.5) is 11.5 Å². The van der Waals surface area contributed by atoms with Gasteiger partial charge in [-0.1, -0.05) is 13.8 Å². The first-order chi connectivity index (χ1) is 8.44. The maximum absolute atomic E-state index is 10.4. The Morgan fingerprint density at radius 2 is 2.22 bits per heavy atom. The van der Waals surface area contributed by atoms with E-state index >= 15 is 0 Å². The molecule has 100 valence electrons. The number of hydrogen-bond acceptors (Lipinski definition) is 5. The Balaban J connectivity index is 2.50. The summed E-state index contributed by atoms with van der Waals surface area (Å²) < 4.78 is 0. The van der Waals surface area contributed by atoms with Crippen molar-refractivity contribution in [3.05, 3.63) is 28.4 Å². The van der Waals surface area contributed by atoms with Gasteiger partial charge in [0.15, 0.2) is 6.20 Å². The van der Waals surface area contributed by atoms with Crippen molar-refractivity contribution in [1.29, 1.82) is 0 Å². The van der Waals surface area contributed by atoms with E-state index in [0.717, 1.165) is 25.1 Å². The van der Waals surface area contributed by atoms with Crippen LogP contribution in [0.2, 0.25) is 0 Å². The SMILES string of the molecule is CC(C)(CCCO)CNc1ccc([N+](=O)[O-])nc1. The van der Waals surface area contributed by atoms with Crippen molar-refractivity contribution in [2.24, 2.45) is 5.41 Å². The molecule has 1 rings (SSSR count). The zero-order valence-electron chi connectivity index (χ0n) is 10.7. The van der Waals surface area contributed by atoms with E-state index in [1.165, 1.54) is 12.3 Å². The highest BCUT2D eigenvalue weighted by Crippen LogP contribution is 2.23. The van der Waals surface area contributed by atoms with E-state index in [2.05, 4.69) is 24.1 Å². The third-order valence-corrected chi connectivity index (χ3v) is 2.72. The number of aliphatic hydroxyl groups excluding tert-OH is 1. The fourth-order valence-corrected chi connectivity index (χ4v) is 1.59. The monoisotopic (exact) mass is 253 g/mol.